The van der Waals surface area contributed by atoms with E-state index in [4.69, 9.17) is 16.3 Å². The number of methoxy groups -OCH3 is 1. The van der Waals surface area contributed by atoms with Crippen molar-refractivity contribution in [2.75, 3.05) is 7.11 Å². The molecule has 0 aliphatic rings. The fraction of sp³-hybridized carbons (Fsp3) is 0.0714. The van der Waals surface area contributed by atoms with E-state index in [0.29, 0.717) is 20.8 Å². The molecule has 2 rings (SSSR count). The van der Waals surface area contributed by atoms with Gasteiger partial charge in [-0.25, -0.2) is 4.39 Å². The second kappa shape index (κ2) is 5.72. The molecule has 0 unspecified atom stereocenters. The molecule has 98 valence electrons. The number of halogens is 3. The van der Waals surface area contributed by atoms with Crippen LogP contribution >= 0.6 is 27.5 Å². The number of carbonyl (C=O) groups is 1. The third kappa shape index (κ3) is 3.14. The van der Waals surface area contributed by atoms with Crippen LogP contribution in [0.15, 0.2) is 40.9 Å². The number of hydrogen-bond acceptors (Lipinski definition) is 2. The minimum absolute atomic E-state index is 0.229. The Morgan fingerprint density at radius 2 is 2.00 bits per heavy atom. The van der Waals surface area contributed by atoms with Crippen LogP contribution in [0.3, 0.4) is 0 Å². The fourth-order valence-corrected chi connectivity index (χ4v) is 2.34. The molecule has 0 saturated heterocycles. The Kier molecular flexibility index (Phi) is 4.22. The lowest BCUT2D eigenvalue weighted by molar-refractivity contribution is 0.103. The van der Waals surface area contributed by atoms with E-state index in [2.05, 4.69) is 15.9 Å². The number of rotatable bonds is 3. The van der Waals surface area contributed by atoms with Crippen LogP contribution in [0.25, 0.3) is 0 Å². The van der Waals surface area contributed by atoms with E-state index < -0.39 is 5.82 Å². The maximum absolute atomic E-state index is 13.3. The zero-order chi connectivity index (χ0) is 14.0. The minimum atomic E-state index is -0.487. The van der Waals surface area contributed by atoms with Crippen molar-refractivity contribution in [3.8, 4) is 5.75 Å². The van der Waals surface area contributed by atoms with E-state index in [9.17, 15) is 9.18 Å². The van der Waals surface area contributed by atoms with Gasteiger partial charge in [-0.1, -0.05) is 27.5 Å². The average molecular weight is 344 g/mol. The van der Waals surface area contributed by atoms with Gasteiger partial charge in [0.1, 0.15) is 11.6 Å². The Bertz CT molecular complexity index is 623. The van der Waals surface area contributed by atoms with Gasteiger partial charge in [0, 0.05) is 15.1 Å². The van der Waals surface area contributed by atoms with E-state index in [1.54, 1.807) is 18.2 Å². The Morgan fingerprint density at radius 3 is 2.63 bits per heavy atom. The molecule has 0 fully saturated rings. The van der Waals surface area contributed by atoms with Crippen LogP contribution in [0.1, 0.15) is 15.9 Å². The first-order chi connectivity index (χ1) is 9.01. The first kappa shape index (κ1) is 14.0. The highest BCUT2D eigenvalue weighted by Gasteiger charge is 2.16. The van der Waals surface area contributed by atoms with Gasteiger partial charge in [-0.15, -0.1) is 0 Å². The van der Waals surface area contributed by atoms with Crippen LogP contribution in [-0.2, 0) is 0 Å². The summed E-state index contributed by atoms with van der Waals surface area (Å²) in [4.78, 5) is 12.4. The summed E-state index contributed by atoms with van der Waals surface area (Å²) in [6.07, 6.45) is 0. The average Bonchev–Trinajstić information content (AvgIpc) is 2.36. The second-order valence-corrected chi connectivity index (χ2v) is 5.18. The summed E-state index contributed by atoms with van der Waals surface area (Å²) in [5.74, 6) is -0.437. The third-order valence-electron chi connectivity index (χ3n) is 2.53. The maximum atomic E-state index is 13.3. The molecule has 19 heavy (non-hydrogen) atoms. The molecule has 0 radical (unpaired) electrons. The summed E-state index contributed by atoms with van der Waals surface area (Å²) >= 11 is 9.03. The molecule has 0 spiro atoms. The Balaban J connectivity index is 2.52. The highest BCUT2D eigenvalue weighted by molar-refractivity contribution is 9.10. The lowest BCUT2D eigenvalue weighted by Gasteiger charge is -2.08. The molecule has 0 N–H and O–H groups in total. The summed E-state index contributed by atoms with van der Waals surface area (Å²) in [7, 11) is 1.46. The standard InChI is InChI=1S/C14H9BrClFO2/c1-19-13-3-2-10(16)7-12(13)14(18)8-4-9(15)6-11(17)5-8/h2-7H,1H3. The Hall–Kier alpha value is -1.39. The van der Waals surface area contributed by atoms with E-state index in [1.165, 1.54) is 25.3 Å². The number of ketones is 1. The number of ether oxygens (including phenoxy) is 1. The smallest absolute Gasteiger partial charge is 0.196 e. The maximum Gasteiger partial charge on any atom is 0.196 e. The first-order valence-corrected chi connectivity index (χ1v) is 6.52. The third-order valence-corrected chi connectivity index (χ3v) is 3.22. The fourth-order valence-electron chi connectivity index (χ4n) is 1.70. The zero-order valence-corrected chi connectivity index (χ0v) is 12.3. The molecule has 0 atom stereocenters. The van der Waals surface area contributed by atoms with Gasteiger partial charge >= 0.3 is 0 Å². The lowest BCUT2D eigenvalue weighted by atomic mass is 10.0. The van der Waals surface area contributed by atoms with E-state index in [0.717, 1.165) is 0 Å². The van der Waals surface area contributed by atoms with Crippen molar-refractivity contribution < 1.29 is 13.9 Å². The van der Waals surface area contributed by atoms with Gasteiger partial charge in [-0.05, 0) is 36.4 Å². The van der Waals surface area contributed by atoms with Gasteiger partial charge < -0.3 is 4.74 Å². The number of hydrogen-bond donors (Lipinski definition) is 0. The molecule has 0 amide bonds. The second-order valence-electron chi connectivity index (χ2n) is 3.83. The van der Waals surface area contributed by atoms with Gasteiger partial charge in [-0.2, -0.15) is 0 Å². The summed E-state index contributed by atoms with van der Waals surface area (Å²) < 4.78 is 18.9. The van der Waals surface area contributed by atoms with Crippen LogP contribution in [0.4, 0.5) is 4.39 Å². The van der Waals surface area contributed by atoms with Crippen molar-refractivity contribution in [3.63, 3.8) is 0 Å². The molecular formula is C14H9BrClFO2. The number of carbonyl (C=O) groups excluding carboxylic acids is 1. The molecule has 0 saturated carbocycles. The lowest BCUT2D eigenvalue weighted by Crippen LogP contribution is -2.04. The van der Waals surface area contributed by atoms with Crippen LogP contribution in [-0.4, -0.2) is 12.9 Å². The molecule has 2 nitrogen and oxygen atoms in total. The Labute approximate surface area is 123 Å². The summed E-state index contributed by atoms with van der Waals surface area (Å²) in [6, 6.07) is 8.73. The van der Waals surface area contributed by atoms with Crippen LogP contribution < -0.4 is 4.74 Å². The predicted molar refractivity (Wildman–Crippen MR) is 75.5 cm³/mol. The molecule has 0 heterocycles. The van der Waals surface area contributed by atoms with Crippen molar-refractivity contribution in [3.05, 3.63) is 62.8 Å². The Morgan fingerprint density at radius 1 is 1.26 bits per heavy atom. The summed E-state index contributed by atoms with van der Waals surface area (Å²) in [6.45, 7) is 0. The van der Waals surface area contributed by atoms with Crippen molar-refractivity contribution in [2.45, 2.75) is 0 Å². The molecule has 2 aromatic rings. The molecule has 0 aliphatic carbocycles. The number of benzene rings is 2. The van der Waals surface area contributed by atoms with E-state index >= 15 is 0 Å². The van der Waals surface area contributed by atoms with E-state index in [1.807, 2.05) is 0 Å². The molecular weight excluding hydrogens is 335 g/mol. The van der Waals surface area contributed by atoms with Crippen molar-refractivity contribution in [1.82, 2.24) is 0 Å². The van der Waals surface area contributed by atoms with Crippen molar-refractivity contribution >= 4 is 33.3 Å². The van der Waals surface area contributed by atoms with Crippen LogP contribution in [0, 0.1) is 5.82 Å². The van der Waals surface area contributed by atoms with Crippen molar-refractivity contribution in [1.29, 1.82) is 0 Å². The molecule has 0 aliphatic heterocycles. The van der Waals surface area contributed by atoms with Gasteiger partial charge in [-0.3, -0.25) is 4.79 Å². The quantitative estimate of drug-likeness (QED) is 0.768. The largest absolute Gasteiger partial charge is 0.496 e. The monoisotopic (exact) mass is 342 g/mol. The summed E-state index contributed by atoms with van der Waals surface area (Å²) in [5, 5.41) is 0.416. The van der Waals surface area contributed by atoms with Crippen LogP contribution in [0.5, 0.6) is 5.75 Å². The molecule has 0 aromatic heterocycles. The van der Waals surface area contributed by atoms with Gasteiger partial charge in [0.25, 0.3) is 0 Å². The van der Waals surface area contributed by atoms with Gasteiger partial charge in [0.15, 0.2) is 5.78 Å². The van der Waals surface area contributed by atoms with E-state index in [-0.39, 0.29) is 11.3 Å². The van der Waals surface area contributed by atoms with Gasteiger partial charge in [0.05, 0.1) is 12.7 Å². The normalized spacial score (nSPS) is 10.3. The topological polar surface area (TPSA) is 26.3 Å². The van der Waals surface area contributed by atoms with Gasteiger partial charge in [0.2, 0.25) is 0 Å². The molecule has 5 heteroatoms. The highest BCUT2D eigenvalue weighted by atomic mass is 79.9. The summed E-state index contributed by atoms with van der Waals surface area (Å²) in [5.41, 5.74) is 0.528. The highest BCUT2D eigenvalue weighted by Crippen LogP contribution is 2.26. The molecule has 0 bridgehead atoms. The minimum Gasteiger partial charge on any atom is -0.496 e. The van der Waals surface area contributed by atoms with Crippen LogP contribution in [0.2, 0.25) is 5.02 Å². The SMILES string of the molecule is COc1ccc(Cl)cc1C(=O)c1cc(F)cc(Br)c1. The van der Waals surface area contributed by atoms with Crippen molar-refractivity contribution in [2.24, 2.45) is 0 Å². The first-order valence-electron chi connectivity index (χ1n) is 5.35. The zero-order valence-electron chi connectivity index (χ0n) is 9.91. The predicted octanol–water partition coefficient (Wildman–Crippen LogP) is 4.48. The molecule has 2 aromatic carbocycles.